The Kier molecular flexibility index (Phi) is 3.35. The first kappa shape index (κ1) is 14.9. The smallest absolute Gasteiger partial charge is 0.153 e. The maximum absolute atomic E-state index is 11.3. The Balaban J connectivity index is 2.89. The molecule has 0 aromatic heterocycles. The van der Waals surface area contributed by atoms with Crippen LogP contribution in [0.2, 0.25) is 0 Å². The molecule has 1 aromatic rings. The highest BCUT2D eigenvalue weighted by atomic mass is 16.3. The minimum absolute atomic E-state index is 0.0211. The first-order valence-corrected chi connectivity index (χ1v) is 7.17. The second-order valence-electron chi connectivity index (χ2n) is 7.51. The molecule has 1 aromatic carbocycles. The van der Waals surface area contributed by atoms with Crippen LogP contribution in [0.15, 0.2) is 6.07 Å². The van der Waals surface area contributed by atoms with Gasteiger partial charge in [0.1, 0.15) is 5.75 Å². The van der Waals surface area contributed by atoms with Crippen molar-refractivity contribution in [1.29, 1.82) is 0 Å². The second kappa shape index (κ2) is 4.51. The summed E-state index contributed by atoms with van der Waals surface area (Å²) in [5.41, 5.74) is 3.35. The monoisotopic (exact) mass is 275 g/mol. The molecule has 0 radical (unpaired) electrons. The van der Waals surface area contributed by atoms with Gasteiger partial charge < -0.3 is 10.0 Å². The SMILES string of the molecule is CN1CCC(C)(C)c2cc(C=O)c(O)c(C(C)(C)C)c21. The zero-order valence-corrected chi connectivity index (χ0v) is 13.4. The predicted octanol–water partition coefficient (Wildman–Crippen LogP) is 3.62. The molecule has 20 heavy (non-hydrogen) atoms. The van der Waals surface area contributed by atoms with Gasteiger partial charge in [0.25, 0.3) is 0 Å². The van der Waals surface area contributed by atoms with E-state index in [-0.39, 0.29) is 16.6 Å². The molecule has 0 bridgehead atoms. The number of anilines is 1. The van der Waals surface area contributed by atoms with E-state index in [1.54, 1.807) is 0 Å². The van der Waals surface area contributed by atoms with E-state index in [1.807, 2.05) is 6.07 Å². The van der Waals surface area contributed by atoms with Gasteiger partial charge >= 0.3 is 0 Å². The van der Waals surface area contributed by atoms with E-state index in [0.717, 1.165) is 36.1 Å². The van der Waals surface area contributed by atoms with Crippen LogP contribution in [0.4, 0.5) is 5.69 Å². The van der Waals surface area contributed by atoms with Crippen LogP contribution in [-0.4, -0.2) is 25.0 Å². The van der Waals surface area contributed by atoms with Crippen molar-refractivity contribution < 1.29 is 9.90 Å². The van der Waals surface area contributed by atoms with Gasteiger partial charge in [-0.25, -0.2) is 0 Å². The molecule has 0 saturated heterocycles. The molecule has 1 N–H and O–H groups in total. The number of aromatic hydroxyl groups is 1. The van der Waals surface area contributed by atoms with Crippen molar-refractivity contribution in [3.8, 4) is 5.75 Å². The minimum Gasteiger partial charge on any atom is -0.507 e. The zero-order valence-electron chi connectivity index (χ0n) is 13.4. The van der Waals surface area contributed by atoms with Crippen LogP contribution in [0.25, 0.3) is 0 Å². The third kappa shape index (κ3) is 2.19. The van der Waals surface area contributed by atoms with Gasteiger partial charge in [-0.05, 0) is 28.9 Å². The topological polar surface area (TPSA) is 40.5 Å². The van der Waals surface area contributed by atoms with Gasteiger partial charge in [-0.15, -0.1) is 0 Å². The molecule has 0 aliphatic carbocycles. The fraction of sp³-hybridized carbons (Fsp3) is 0.588. The Hall–Kier alpha value is -1.51. The minimum atomic E-state index is -0.213. The lowest BCUT2D eigenvalue weighted by Gasteiger charge is -2.42. The lowest BCUT2D eigenvalue weighted by atomic mass is 9.72. The summed E-state index contributed by atoms with van der Waals surface area (Å²) in [5, 5.41) is 10.5. The van der Waals surface area contributed by atoms with Crippen molar-refractivity contribution in [2.45, 2.75) is 51.9 Å². The van der Waals surface area contributed by atoms with Crippen molar-refractivity contribution >= 4 is 12.0 Å². The van der Waals surface area contributed by atoms with Crippen LogP contribution in [0.1, 0.15) is 62.5 Å². The maximum atomic E-state index is 11.3. The fourth-order valence-corrected chi connectivity index (χ4v) is 3.09. The molecular weight excluding hydrogens is 250 g/mol. The average Bonchev–Trinajstić information content (AvgIpc) is 2.32. The number of rotatable bonds is 1. The summed E-state index contributed by atoms with van der Waals surface area (Å²) < 4.78 is 0. The number of carbonyl (C=O) groups is 1. The zero-order chi connectivity index (χ0) is 15.3. The fourth-order valence-electron chi connectivity index (χ4n) is 3.09. The van der Waals surface area contributed by atoms with Crippen molar-refractivity contribution in [3.05, 3.63) is 22.8 Å². The molecule has 110 valence electrons. The molecule has 2 rings (SSSR count). The first-order chi connectivity index (χ1) is 9.09. The Morgan fingerprint density at radius 2 is 1.95 bits per heavy atom. The predicted molar refractivity (Wildman–Crippen MR) is 83.1 cm³/mol. The summed E-state index contributed by atoms with van der Waals surface area (Å²) in [6.07, 6.45) is 1.80. The largest absolute Gasteiger partial charge is 0.507 e. The summed E-state index contributed by atoms with van der Waals surface area (Å²) in [6.45, 7) is 11.6. The van der Waals surface area contributed by atoms with E-state index in [9.17, 15) is 9.90 Å². The molecule has 1 aliphatic heterocycles. The summed E-state index contributed by atoms with van der Waals surface area (Å²) in [6, 6.07) is 1.86. The first-order valence-electron chi connectivity index (χ1n) is 7.17. The Bertz CT molecular complexity index is 553. The van der Waals surface area contributed by atoms with E-state index in [0.29, 0.717) is 5.56 Å². The summed E-state index contributed by atoms with van der Waals surface area (Å²) in [5.74, 6) is 0.135. The molecule has 0 amide bonds. The van der Waals surface area contributed by atoms with Crippen LogP contribution in [0, 0.1) is 0 Å². The number of carbonyl (C=O) groups excluding carboxylic acids is 1. The number of benzene rings is 1. The molecule has 1 aliphatic rings. The van der Waals surface area contributed by atoms with E-state index >= 15 is 0 Å². The summed E-state index contributed by atoms with van der Waals surface area (Å²) in [4.78, 5) is 13.5. The molecule has 1 heterocycles. The lowest BCUT2D eigenvalue weighted by molar-refractivity contribution is 0.112. The van der Waals surface area contributed by atoms with Gasteiger partial charge in [0.15, 0.2) is 6.29 Å². The van der Waals surface area contributed by atoms with Gasteiger partial charge in [-0.3, -0.25) is 4.79 Å². The normalized spacial score (nSPS) is 17.8. The molecule has 3 heteroatoms. The third-order valence-electron chi connectivity index (χ3n) is 4.36. The number of phenolic OH excluding ortho intramolecular Hbond substituents is 1. The number of aldehydes is 1. The third-order valence-corrected chi connectivity index (χ3v) is 4.36. The van der Waals surface area contributed by atoms with Crippen molar-refractivity contribution in [3.63, 3.8) is 0 Å². The number of nitrogens with zero attached hydrogens (tertiary/aromatic N) is 1. The molecule has 0 fully saturated rings. The summed E-state index contributed by atoms with van der Waals surface area (Å²) in [7, 11) is 2.06. The van der Waals surface area contributed by atoms with E-state index in [2.05, 4.69) is 46.6 Å². The number of hydrogen-bond donors (Lipinski definition) is 1. The number of phenols is 1. The highest BCUT2D eigenvalue weighted by Gasteiger charge is 2.36. The molecular formula is C17H25NO2. The Morgan fingerprint density at radius 1 is 1.35 bits per heavy atom. The van der Waals surface area contributed by atoms with Crippen molar-refractivity contribution in [1.82, 2.24) is 0 Å². The average molecular weight is 275 g/mol. The standard InChI is InChI=1S/C17H25NO2/c1-16(2,3)13-14-12(9-11(10-19)15(13)20)17(4,5)7-8-18(14)6/h9-10,20H,7-8H2,1-6H3. The van der Waals surface area contributed by atoms with E-state index in [4.69, 9.17) is 0 Å². The maximum Gasteiger partial charge on any atom is 0.153 e. The van der Waals surface area contributed by atoms with Crippen molar-refractivity contribution in [2.75, 3.05) is 18.5 Å². The summed E-state index contributed by atoms with van der Waals surface area (Å²) >= 11 is 0. The highest BCUT2D eigenvalue weighted by molar-refractivity contribution is 5.85. The highest BCUT2D eigenvalue weighted by Crippen LogP contribution is 2.48. The van der Waals surface area contributed by atoms with E-state index < -0.39 is 0 Å². The van der Waals surface area contributed by atoms with Crippen LogP contribution in [0.3, 0.4) is 0 Å². The van der Waals surface area contributed by atoms with E-state index in [1.165, 1.54) is 0 Å². The molecule has 0 saturated carbocycles. The Labute approximate surface area is 121 Å². The number of hydrogen-bond acceptors (Lipinski definition) is 3. The molecule has 0 spiro atoms. The second-order valence-corrected chi connectivity index (χ2v) is 7.51. The number of fused-ring (bicyclic) bond motifs is 1. The molecule has 3 nitrogen and oxygen atoms in total. The quantitative estimate of drug-likeness (QED) is 0.796. The van der Waals surface area contributed by atoms with Gasteiger partial charge in [0.2, 0.25) is 0 Å². The molecule has 0 unspecified atom stereocenters. The van der Waals surface area contributed by atoms with Gasteiger partial charge in [0.05, 0.1) is 5.56 Å². The van der Waals surface area contributed by atoms with Crippen LogP contribution >= 0.6 is 0 Å². The van der Waals surface area contributed by atoms with Gasteiger partial charge in [-0.2, -0.15) is 0 Å². The Morgan fingerprint density at radius 3 is 2.45 bits per heavy atom. The van der Waals surface area contributed by atoms with Crippen LogP contribution in [0.5, 0.6) is 5.75 Å². The lowest BCUT2D eigenvalue weighted by Crippen LogP contribution is -2.37. The van der Waals surface area contributed by atoms with Crippen LogP contribution in [-0.2, 0) is 10.8 Å². The van der Waals surface area contributed by atoms with Crippen LogP contribution < -0.4 is 4.90 Å². The van der Waals surface area contributed by atoms with Gasteiger partial charge in [0, 0.05) is 24.8 Å². The van der Waals surface area contributed by atoms with Crippen molar-refractivity contribution in [2.24, 2.45) is 0 Å². The molecule has 0 atom stereocenters. The van der Waals surface area contributed by atoms with Gasteiger partial charge in [-0.1, -0.05) is 34.6 Å².